The molecule has 4 heteroatoms. The van der Waals surface area contributed by atoms with Gasteiger partial charge in [-0.15, -0.1) is 0 Å². The van der Waals surface area contributed by atoms with Gasteiger partial charge in [0.1, 0.15) is 5.56 Å². The number of nitrogens with zero attached hydrogens (tertiary/aromatic N) is 2. The van der Waals surface area contributed by atoms with Crippen LogP contribution in [0.3, 0.4) is 0 Å². The molecule has 104 valence electrons. The quantitative estimate of drug-likeness (QED) is 0.890. The first kappa shape index (κ1) is 13.8. The lowest BCUT2D eigenvalue weighted by molar-refractivity contribution is 0.0696. The summed E-state index contributed by atoms with van der Waals surface area (Å²) < 4.78 is 0. The zero-order valence-electron chi connectivity index (χ0n) is 12.2. The molecule has 1 aromatic rings. The molecule has 4 nitrogen and oxygen atoms in total. The van der Waals surface area contributed by atoms with Gasteiger partial charge in [0.05, 0.1) is 11.4 Å². The van der Waals surface area contributed by atoms with Crippen LogP contribution in [-0.2, 0) is 0 Å². The number of hydrogen-bond acceptors (Lipinski definition) is 3. The van der Waals surface area contributed by atoms with E-state index in [4.69, 9.17) is 0 Å². The predicted octanol–water partition coefficient (Wildman–Crippen LogP) is 3.02. The summed E-state index contributed by atoms with van der Waals surface area (Å²) >= 11 is 0. The first-order chi connectivity index (χ1) is 8.80. The largest absolute Gasteiger partial charge is 0.478 e. The van der Waals surface area contributed by atoms with E-state index in [1.165, 1.54) is 0 Å². The molecule has 0 aliphatic carbocycles. The van der Waals surface area contributed by atoms with Crippen molar-refractivity contribution in [3.8, 4) is 0 Å². The Bertz CT molecular complexity index is 499. The lowest BCUT2D eigenvalue weighted by Crippen LogP contribution is -2.38. The van der Waals surface area contributed by atoms with E-state index in [-0.39, 0.29) is 0 Å². The average molecular weight is 262 g/mol. The maximum Gasteiger partial charge on any atom is 0.339 e. The van der Waals surface area contributed by atoms with E-state index in [9.17, 15) is 9.90 Å². The van der Waals surface area contributed by atoms with Crippen LogP contribution in [0.25, 0.3) is 0 Å². The first-order valence-electron chi connectivity index (χ1n) is 6.77. The van der Waals surface area contributed by atoms with Gasteiger partial charge in [0.15, 0.2) is 0 Å². The molecule has 0 amide bonds. The summed E-state index contributed by atoms with van der Waals surface area (Å²) in [4.78, 5) is 17.9. The third-order valence-electron chi connectivity index (χ3n) is 3.98. The summed E-state index contributed by atoms with van der Waals surface area (Å²) in [7, 11) is 0. The lowest BCUT2D eigenvalue weighted by atomic mass is 9.82. The molecule has 1 aliphatic heterocycles. The van der Waals surface area contributed by atoms with Crippen LogP contribution >= 0.6 is 0 Å². The summed E-state index contributed by atoms with van der Waals surface area (Å²) in [6.07, 6.45) is 2.18. The fourth-order valence-electron chi connectivity index (χ4n) is 2.67. The van der Waals surface area contributed by atoms with Gasteiger partial charge in [0.25, 0.3) is 0 Å². The molecule has 1 N–H and O–H groups in total. The Morgan fingerprint density at radius 2 is 1.89 bits per heavy atom. The van der Waals surface area contributed by atoms with E-state index in [0.29, 0.717) is 16.7 Å². The Morgan fingerprint density at radius 3 is 2.42 bits per heavy atom. The second kappa shape index (κ2) is 4.83. The number of hydrogen-bond donors (Lipinski definition) is 1. The topological polar surface area (TPSA) is 53.4 Å². The molecule has 0 bridgehead atoms. The van der Waals surface area contributed by atoms with E-state index >= 15 is 0 Å². The number of piperidine rings is 1. The Kier molecular flexibility index (Phi) is 3.52. The standard InChI is InChI=1S/C15H22N2O2/c1-10-9-12(13(14(18)19)11(2)16-10)17-7-5-15(3,4)6-8-17/h9H,5-8H2,1-4H3,(H,18,19). The number of carboxylic acids is 1. The fourth-order valence-corrected chi connectivity index (χ4v) is 2.67. The number of rotatable bonds is 2. The smallest absolute Gasteiger partial charge is 0.339 e. The van der Waals surface area contributed by atoms with Crippen LogP contribution in [0.1, 0.15) is 48.4 Å². The van der Waals surface area contributed by atoms with E-state index in [0.717, 1.165) is 37.3 Å². The summed E-state index contributed by atoms with van der Waals surface area (Å²) in [5.74, 6) is -0.884. The van der Waals surface area contributed by atoms with Crippen LogP contribution in [0.15, 0.2) is 6.07 Å². The zero-order chi connectivity index (χ0) is 14.2. The van der Waals surface area contributed by atoms with Crippen LogP contribution in [0, 0.1) is 19.3 Å². The van der Waals surface area contributed by atoms with Gasteiger partial charge < -0.3 is 10.0 Å². The second-order valence-corrected chi connectivity index (χ2v) is 6.20. The zero-order valence-corrected chi connectivity index (χ0v) is 12.2. The molecule has 0 saturated carbocycles. The van der Waals surface area contributed by atoms with E-state index in [1.807, 2.05) is 13.0 Å². The highest BCUT2D eigenvalue weighted by Crippen LogP contribution is 2.34. The number of carbonyl (C=O) groups is 1. The first-order valence-corrected chi connectivity index (χ1v) is 6.77. The maximum atomic E-state index is 11.5. The van der Waals surface area contributed by atoms with Gasteiger partial charge in [-0.1, -0.05) is 13.8 Å². The molecule has 19 heavy (non-hydrogen) atoms. The third-order valence-corrected chi connectivity index (χ3v) is 3.98. The van der Waals surface area contributed by atoms with Crippen LogP contribution in [-0.4, -0.2) is 29.1 Å². The molecule has 0 atom stereocenters. The third kappa shape index (κ3) is 2.88. The molecule has 2 heterocycles. The normalized spacial score (nSPS) is 18.4. The predicted molar refractivity (Wildman–Crippen MR) is 75.9 cm³/mol. The summed E-state index contributed by atoms with van der Waals surface area (Å²) in [6.45, 7) is 10.0. The maximum absolute atomic E-state index is 11.5. The highest BCUT2D eigenvalue weighted by molar-refractivity contribution is 5.95. The van der Waals surface area contributed by atoms with Crippen molar-refractivity contribution in [3.63, 3.8) is 0 Å². The van der Waals surface area contributed by atoms with Gasteiger partial charge in [-0.25, -0.2) is 4.79 Å². The average Bonchev–Trinajstić information content (AvgIpc) is 2.26. The number of carboxylic acid groups (broad SMARTS) is 1. The van der Waals surface area contributed by atoms with Crippen LogP contribution < -0.4 is 4.90 Å². The minimum absolute atomic E-state index is 0.352. The van der Waals surface area contributed by atoms with E-state index in [1.54, 1.807) is 6.92 Å². The van der Waals surface area contributed by atoms with E-state index < -0.39 is 5.97 Å². The Balaban J connectivity index is 2.37. The SMILES string of the molecule is Cc1cc(N2CCC(C)(C)CC2)c(C(=O)O)c(C)n1. The molecule has 0 unspecified atom stereocenters. The monoisotopic (exact) mass is 262 g/mol. The molecule has 1 aliphatic rings. The van der Waals surface area contributed by atoms with Crippen molar-refractivity contribution in [2.24, 2.45) is 5.41 Å². The highest BCUT2D eigenvalue weighted by Gasteiger charge is 2.28. The van der Waals surface area contributed by atoms with Gasteiger partial charge in [0, 0.05) is 18.8 Å². The van der Waals surface area contributed by atoms with Gasteiger partial charge in [-0.05, 0) is 38.2 Å². The summed E-state index contributed by atoms with van der Waals surface area (Å²) in [6, 6.07) is 1.90. The van der Waals surface area contributed by atoms with Gasteiger partial charge in [0.2, 0.25) is 0 Å². The van der Waals surface area contributed by atoms with Crippen molar-refractivity contribution in [2.75, 3.05) is 18.0 Å². The van der Waals surface area contributed by atoms with E-state index in [2.05, 4.69) is 23.7 Å². The fraction of sp³-hybridized carbons (Fsp3) is 0.600. The molecule has 0 radical (unpaired) electrons. The van der Waals surface area contributed by atoms with Crippen molar-refractivity contribution in [1.29, 1.82) is 0 Å². The molecule has 1 saturated heterocycles. The summed E-state index contributed by atoms with van der Waals surface area (Å²) in [5.41, 5.74) is 3.02. The number of aromatic carboxylic acids is 1. The van der Waals surface area contributed by atoms with Crippen molar-refractivity contribution in [3.05, 3.63) is 23.0 Å². The van der Waals surface area contributed by atoms with Gasteiger partial charge >= 0.3 is 5.97 Å². The van der Waals surface area contributed by atoms with Crippen molar-refractivity contribution < 1.29 is 9.90 Å². The number of anilines is 1. The van der Waals surface area contributed by atoms with Crippen molar-refractivity contribution in [2.45, 2.75) is 40.5 Å². The van der Waals surface area contributed by atoms with Crippen LogP contribution in [0.4, 0.5) is 5.69 Å². The van der Waals surface area contributed by atoms with Crippen molar-refractivity contribution >= 4 is 11.7 Å². The lowest BCUT2D eigenvalue weighted by Gasteiger charge is -2.38. The Hall–Kier alpha value is -1.58. The Labute approximate surface area is 114 Å². The van der Waals surface area contributed by atoms with Crippen LogP contribution in [0.2, 0.25) is 0 Å². The number of pyridine rings is 1. The number of aryl methyl sites for hydroxylation is 2. The minimum Gasteiger partial charge on any atom is -0.478 e. The van der Waals surface area contributed by atoms with Gasteiger partial charge in [-0.3, -0.25) is 4.98 Å². The molecule has 0 spiro atoms. The second-order valence-electron chi connectivity index (χ2n) is 6.20. The molecule has 1 fully saturated rings. The highest BCUT2D eigenvalue weighted by atomic mass is 16.4. The molecule has 0 aromatic carbocycles. The van der Waals surface area contributed by atoms with Gasteiger partial charge in [-0.2, -0.15) is 0 Å². The number of aromatic nitrogens is 1. The van der Waals surface area contributed by atoms with Crippen LogP contribution in [0.5, 0.6) is 0 Å². The molecular weight excluding hydrogens is 240 g/mol. The summed E-state index contributed by atoms with van der Waals surface area (Å²) in [5, 5.41) is 9.40. The molecule has 1 aromatic heterocycles. The van der Waals surface area contributed by atoms with Crippen molar-refractivity contribution in [1.82, 2.24) is 4.98 Å². The Morgan fingerprint density at radius 1 is 1.32 bits per heavy atom. The molecule has 2 rings (SSSR count). The molecular formula is C15H22N2O2. The minimum atomic E-state index is -0.884.